The van der Waals surface area contributed by atoms with Gasteiger partial charge in [-0.25, -0.2) is 8.42 Å². The van der Waals surface area contributed by atoms with Crippen LogP contribution < -0.4 is 9.62 Å². The number of carbonyl (C=O) groups excluding carboxylic acids is 2. The molecule has 220 valence electrons. The third-order valence-corrected chi connectivity index (χ3v) is 9.55. The van der Waals surface area contributed by atoms with Gasteiger partial charge in [0.25, 0.3) is 10.0 Å². The Morgan fingerprint density at radius 3 is 2.05 bits per heavy atom. The van der Waals surface area contributed by atoms with E-state index >= 15 is 0 Å². The third kappa shape index (κ3) is 7.82. The van der Waals surface area contributed by atoms with Gasteiger partial charge in [-0.15, -0.1) is 0 Å². The molecule has 0 fully saturated rings. The van der Waals surface area contributed by atoms with E-state index < -0.39 is 28.5 Å². The van der Waals surface area contributed by atoms with Crippen LogP contribution in [0.5, 0.6) is 0 Å². The molecule has 3 rings (SSSR count). The van der Waals surface area contributed by atoms with Gasteiger partial charge in [0.15, 0.2) is 0 Å². The molecule has 3 aromatic carbocycles. The molecule has 0 bridgehead atoms. The van der Waals surface area contributed by atoms with Gasteiger partial charge in [-0.05, 0) is 76.9 Å². The van der Waals surface area contributed by atoms with E-state index in [9.17, 15) is 18.0 Å². The average Bonchev–Trinajstić information content (AvgIpc) is 2.91. The summed E-state index contributed by atoms with van der Waals surface area (Å²) in [5.74, 6) is -0.946. The average molecular weight is 619 g/mol. The monoisotopic (exact) mass is 617 g/mol. The lowest BCUT2D eigenvalue weighted by molar-refractivity contribution is -0.139. The van der Waals surface area contributed by atoms with E-state index in [1.165, 1.54) is 17.0 Å². The summed E-state index contributed by atoms with van der Waals surface area (Å²) in [6, 6.07) is 15.8. The number of sulfonamides is 1. The molecule has 0 aliphatic heterocycles. The lowest BCUT2D eigenvalue weighted by atomic mass is 10.1. The summed E-state index contributed by atoms with van der Waals surface area (Å²) >= 11 is 12.9. The molecular weight excluding hydrogens is 581 g/mol. The Balaban J connectivity index is 2.10. The predicted molar refractivity (Wildman–Crippen MR) is 166 cm³/mol. The van der Waals surface area contributed by atoms with Crippen molar-refractivity contribution >= 4 is 50.7 Å². The van der Waals surface area contributed by atoms with Crippen molar-refractivity contribution in [1.82, 2.24) is 10.2 Å². The molecule has 2 amide bonds. The number of nitrogens with one attached hydrogen (secondary N) is 1. The van der Waals surface area contributed by atoms with Gasteiger partial charge in [-0.2, -0.15) is 0 Å². The van der Waals surface area contributed by atoms with Crippen molar-refractivity contribution in [3.8, 4) is 0 Å². The first-order valence-corrected chi connectivity index (χ1v) is 15.6. The smallest absolute Gasteiger partial charge is 0.264 e. The molecule has 0 spiro atoms. The Morgan fingerprint density at radius 2 is 1.49 bits per heavy atom. The summed E-state index contributed by atoms with van der Waals surface area (Å²) in [5, 5.41) is 3.58. The van der Waals surface area contributed by atoms with Crippen LogP contribution in [0.1, 0.15) is 49.4 Å². The molecule has 0 aliphatic rings. The maximum atomic E-state index is 14.1. The zero-order valence-electron chi connectivity index (χ0n) is 24.2. The molecule has 10 heteroatoms. The van der Waals surface area contributed by atoms with Gasteiger partial charge >= 0.3 is 0 Å². The first-order chi connectivity index (χ1) is 19.3. The van der Waals surface area contributed by atoms with Gasteiger partial charge in [0.2, 0.25) is 11.8 Å². The first-order valence-electron chi connectivity index (χ1n) is 13.5. The number of nitrogens with zero attached hydrogens (tertiary/aromatic N) is 2. The fourth-order valence-electron chi connectivity index (χ4n) is 4.34. The fourth-order valence-corrected chi connectivity index (χ4v) is 6.33. The minimum absolute atomic E-state index is 0.0548. The van der Waals surface area contributed by atoms with Crippen LogP contribution in [0.15, 0.2) is 65.6 Å². The summed E-state index contributed by atoms with van der Waals surface area (Å²) < 4.78 is 29.2. The molecule has 0 radical (unpaired) electrons. The highest BCUT2D eigenvalue weighted by molar-refractivity contribution is 7.92. The Bertz CT molecular complexity index is 1490. The van der Waals surface area contributed by atoms with Crippen molar-refractivity contribution in [1.29, 1.82) is 0 Å². The van der Waals surface area contributed by atoms with Gasteiger partial charge < -0.3 is 10.2 Å². The third-order valence-electron chi connectivity index (χ3n) is 7.07. The van der Waals surface area contributed by atoms with Crippen LogP contribution >= 0.6 is 23.2 Å². The molecule has 0 saturated carbocycles. The van der Waals surface area contributed by atoms with E-state index in [0.29, 0.717) is 33.3 Å². The van der Waals surface area contributed by atoms with Crippen molar-refractivity contribution < 1.29 is 18.0 Å². The van der Waals surface area contributed by atoms with Gasteiger partial charge in [-0.1, -0.05) is 71.6 Å². The molecule has 0 aliphatic carbocycles. The van der Waals surface area contributed by atoms with Crippen LogP contribution in [0.2, 0.25) is 10.0 Å². The summed E-state index contributed by atoms with van der Waals surface area (Å²) in [6.07, 6.45) is 0.706. The second kappa shape index (κ2) is 13.7. The molecule has 0 aromatic heterocycles. The number of anilines is 1. The molecular formula is C31H37Cl2N3O4S. The number of benzene rings is 3. The Hall–Kier alpha value is -3.07. The maximum Gasteiger partial charge on any atom is 0.264 e. The van der Waals surface area contributed by atoms with Crippen LogP contribution in [-0.4, -0.2) is 43.8 Å². The number of halogens is 2. The Morgan fingerprint density at radius 1 is 0.902 bits per heavy atom. The standard InChI is InChI=1S/C31H37Cl2N3O4S/c1-7-23(5)34-31(38)24(6)35(18-26-27(32)9-8-10-28(26)33)30(37)19-36(29-16-13-21(3)17-22(29)4)41(39,40)25-14-11-20(2)12-15-25/h8-17,23-24H,7,18-19H2,1-6H3,(H,34,38)/t23-,24-/m0/s1. The molecule has 7 nitrogen and oxygen atoms in total. The fraction of sp³-hybridized carbons (Fsp3) is 0.355. The first kappa shape index (κ1) is 32.4. The lowest BCUT2D eigenvalue weighted by Crippen LogP contribution is -2.52. The van der Waals surface area contributed by atoms with E-state index in [2.05, 4.69) is 5.32 Å². The van der Waals surface area contributed by atoms with Crippen molar-refractivity contribution in [3.05, 3.63) is 93.0 Å². The SMILES string of the molecule is CC[C@H](C)NC(=O)[C@H](C)N(Cc1c(Cl)cccc1Cl)C(=O)CN(c1ccc(C)cc1C)S(=O)(=O)c1ccc(C)cc1. The van der Waals surface area contributed by atoms with Gasteiger partial charge in [0.05, 0.1) is 10.6 Å². The van der Waals surface area contributed by atoms with E-state index in [0.717, 1.165) is 15.4 Å². The number of aryl methyl sites for hydroxylation is 3. The molecule has 3 aromatic rings. The highest BCUT2D eigenvalue weighted by Gasteiger charge is 2.34. The predicted octanol–water partition coefficient (Wildman–Crippen LogP) is 6.45. The molecule has 41 heavy (non-hydrogen) atoms. The van der Waals surface area contributed by atoms with E-state index in [4.69, 9.17) is 23.2 Å². The number of hydrogen-bond acceptors (Lipinski definition) is 4. The normalized spacial score (nSPS) is 12.9. The zero-order chi connectivity index (χ0) is 30.5. The summed E-state index contributed by atoms with van der Waals surface area (Å²) in [6.45, 7) is 10.4. The van der Waals surface area contributed by atoms with Crippen molar-refractivity contribution in [2.24, 2.45) is 0 Å². The number of rotatable bonds is 11. The summed E-state index contributed by atoms with van der Waals surface area (Å²) in [7, 11) is -4.16. The minimum atomic E-state index is -4.16. The second-order valence-corrected chi connectivity index (χ2v) is 13.0. The molecule has 0 heterocycles. The van der Waals surface area contributed by atoms with E-state index in [1.54, 1.807) is 56.3 Å². The number of amides is 2. The molecule has 2 atom stereocenters. The lowest BCUT2D eigenvalue weighted by Gasteiger charge is -2.33. The topological polar surface area (TPSA) is 86.8 Å². The quantitative estimate of drug-likeness (QED) is 0.268. The highest BCUT2D eigenvalue weighted by atomic mass is 35.5. The minimum Gasteiger partial charge on any atom is -0.352 e. The van der Waals surface area contributed by atoms with Crippen LogP contribution in [0.25, 0.3) is 0 Å². The van der Waals surface area contributed by atoms with Crippen LogP contribution in [0, 0.1) is 20.8 Å². The number of carbonyl (C=O) groups is 2. The maximum absolute atomic E-state index is 14.1. The Labute approximate surface area is 253 Å². The van der Waals surface area contributed by atoms with Crippen LogP contribution in [0.3, 0.4) is 0 Å². The zero-order valence-corrected chi connectivity index (χ0v) is 26.6. The number of hydrogen-bond donors (Lipinski definition) is 1. The summed E-state index contributed by atoms with van der Waals surface area (Å²) in [4.78, 5) is 28.7. The van der Waals surface area contributed by atoms with Crippen LogP contribution in [-0.2, 0) is 26.2 Å². The van der Waals surface area contributed by atoms with Crippen molar-refractivity contribution in [2.45, 2.75) is 71.5 Å². The van der Waals surface area contributed by atoms with Crippen molar-refractivity contribution in [2.75, 3.05) is 10.8 Å². The van der Waals surface area contributed by atoms with Gasteiger partial charge in [-0.3, -0.25) is 13.9 Å². The molecule has 0 saturated heterocycles. The van der Waals surface area contributed by atoms with Crippen molar-refractivity contribution in [3.63, 3.8) is 0 Å². The molecule has 1 N–H and O–H groups in total. The second-order valence-electron chi connectivity index (χ2n) is 10.3. The van der Waals surface area contributed by atoms with Gasteiger partial charge in [0, 0.05) is 28.2 Å². The largest absolute Gasteiger partial charge is 0.352 e. The van der Waals surface area contributed by atoms with Crippen LogP contribution in [0.4, 0.5) is 5.69 Å². The van der Waals surface area contributed by atoms with E-state index in [-0.39, 0.29) is 23.4 Å². The molecule has 0 unspecified atom stereocenters. The van der Waals surface area contributed by atoms with Gasteiger partial charge in [0.1, 0.15) is 12.6 Å². The Kier molecular flexibility index (Phi) is 10.9. The highest BCUT2D eigenvalue weighted by Crippen LogP contribution is 2.30. The summed E-state index contributed by atoms with van der Waals surface area (Å²) in [5.41, 5.74) is 3.39. The van der Waals surface area contributed by atoms with E-state index in [1.807, 2.05) is 33.8 Å².